The van der Waals surface area contributed by atoms with E-state index in [9.17, 15) is 14.0 Å². The smallest absolute Gasteiger partial charge is 0.341 e. The lowest BCUT2D eigenvalue weighted by Crippen LogP contribution is -2.29. The second-order valence-corrected chi connectivity index (χ2v) is 3.62. The minimum absolute atomic E-state index is 0.0334. The maximum absolute atomic E-state index is 13.3. The standard InChI is InChI=1S/C12H9ClFNO3/c1-2-5-15-11(16)7-18-12(17)9-4-3-8(13)6-10(9)14/h1,3-4,6H,5,7H2,(H,15,16). The van der Waals surface area contributed by atoms with E-state index in [-0.39, 0.29) is 17.1 Å². The zero-order chi connectivity index (χ0) is 13.5. The Morgan fingerprint density at radius 3 is 2.83 bits per heavy atom. The van der Waals surface area contributed by atoms with E-state index >= 15 is 0 Å². The number of ether oxygens (including phenoxy) is 1. The average molecular weight is 270 g/mol. The zero-order valence-corrected chi connectivity index (χ0v) is 9.96. The van der Waals surface area contributed by atoms with Crippen LogP contribution in [0.2, 0.25) is 5.02 Å². The molecule has 0 fully saturated rings. The number of halogens is 2. The molecule has 1 N–H and O–H groups in total. The van der Waals surface area contributed by atoms with Crippen molar-refractivity contribution >= 4 is 23.5 Å². The number of hydrogen-bond acceptors (Lipinski definition) is 3. The molecule has 0 aliphatic rings. The third-order valence-electron chi connectivity index (χ3n) is 1.87. The van der Waals surface area contributed by atoms with Gasteiger partial charge in [-0.3, -0.25) is 4.79 Å². The van der Waals surface area contributed by atoms with Crippen molar-refractivity contribution in [2.75, 3.05) is 13.2 Å². The van der Waals surface area contributed by atoms with Crippen LogP contribution in [0.4, 0.5) is 4.39 Å². The number of carbonyl (C=O) groups excluding carboxylic acids is 2. The van der Waals surface area contributed by atoms with E-state index in [0.29, 0.717) is 0 Å². The number of rotatable bonds is 4. The summed E-state index contributed by atoms with van der Waals surface area (Å²) in [6.45, 7) is -0.492. The molecule has 18 heavy (non-hydrogen) atoms. The summed E-state index contributed by atoms with van der Waals surface area (Å²) < 4.78 is 17.9. The molecule has 0 spiro atoms. The van der Waals surface area contributed by atoms with E-state index in [4.69, 9.17) is 18.0 Å². The molecule has 0 heterocycles. The third kappa shape index (κ3) is 4.07. The van der Waals surface area contributed by atoms with Gasteiger partial charge in [-0.2, -0.15) is 0 Å². The van der Waals surface area contributed by atoms with E-state index in [0.717, 1.165) is 6.07 Å². The Morgan fingerprint density at radius 1 is 1.50 bits per heavy atom. The summed E-state index contributed by atoms with van der Waals surface area (Å²) >= 11 is 5.53. The lowest BCUT2D eigenvalue weighted by Gasteiger charge is -2.05. The normalized spacial score (nSPS) is 9.39. The third-order valence-corrected chi connectivity index (χ3v) is 2.11. The van der Waals surface area contributed by atoms with Gasteiger partial charge in [0.1, 0.15) is 5.82 Å². The van der Waals surface area contributed by atoms with E-state index in [1.807, 2.05) is 0 Å². The molecular formula is C12H9ClFNO3. The monoisotopic (exact) mass is 269 g/mol. The Morgan fingerprint density at radius 2 is 2.22 bits per heavy atom. The van der Waals surface area contributed by atoms with Crippen LogP contribution >= 0.6 is 11.6 Å². The molecule has 0 saturated heterocycles. The topological polar surface area (TPSA) is 55.4 Å². The van der Waals surface area contributed by atoms with Gasteiger partial charge in [-0.1, -0.05) is 17.5 Å². The van der Waals surface area contributed by atoms with E-state index in [1.165, 1.54) is 12.1 Å². The number of carbonyl (C=O) groups is 2. The Hall–Kier alpha value is -2.06. The van der Waals surface area contributed by atoms with Crippen molar-refractivity contribution in [2.45, 2.75) is 0 Å². The van der Waals surface area contributed by atoms with Crippen molar-refractivity contribution in [3.63, 3.8) is 0 Å². The van der Waals surface area contributed by atoms with Crippen molar-refractivity contribution in [1.82, 2.24) is 5.32 Å². The molecule has 0 bridgehead atoms. The van der Waals surface area contributed by atoms with Gasteiger partial charge in [0.15, 0.2) is 6.61 Å². The fourth-order valence-corrected chi connectivity index (χ4v) is 1.22. The summed E-state index contributed by atoms with van der Waals surface area (Å²) in [5, 5.41) is 2.46. The number of esters is 1. The van der Waals surface area contributed by atoms with Crippen LogP contribution in [0.1, 0.15) is 10.4 Å². The highest BCUT2D eigenvalue weighted by Crippen LogP contribution is 2.15. The highest BCUT2D eigenvalue weighted by atomic mass is 35.5. The number of benzene rings is 1. The van der Waals surface area contributed by atoms with Crippen LogP contribution in [-0.2, 0) is 9.53 Å². The summed E-state index contributed by atoms with van der Waals surface area (Å²) in [5.41, 5.74) is -0.288. The van der Waals surface area contributed by atoms with Crippen molar-refractivity contribution in [3.8, 4) is 12.3 Å². The fourth-order valence-electron chi connectivity index (χ4n) is 1.06. The Kier molecular flexibility index (Phi) is 5.15. The minimum Gasteiger partial charge on any atom is -0.452 e. The van der Waals surface area contributed by atoms with Crippen molar-refractivity contribution in [1.29, 1.82) is 0 Å². The summed E-state index contributed by atoms with van der Waals surface area (Å²) in [6, 6.07) is 3.51. The van der Waals surface area contributed by atoms with Crippen molar-refractivity contribution < 1.29 is 18.7 Å². The molecule has 0 aliphatic heterocycles. The van der Waals surface area contributed by atoms with Gasteiger partial charge >= 0.3 is 5.97 Å². The molecule has 0 atom stereocenters. The second-order valence-electron chi connectivity index (χ2n) is 3.18. The molecule has 0 aromatic heterocycles. The first-order valence-corrected chi connectivity index (χ1v) is 5.24. The first-order valence-electron chi connectivity index (χ1n) is 4.87. The van der Waals surface area contributed by atoms with Crippen LogP contribution in [0.3, 0.4) is 0 Å². The highest BCUT2D eigenvalue weighted by Gasteiger charge is 2.14. The van der Waals surface area contributed by atoms with Crippen LogP contribution in [0.25, 0.3) is 0 Å². The van der Waals surface area contributed by atoms with Gasteiger partial charge in [0, 0.05) is 5.02 Å². The lowest BCUT2D eigenvalue weighted by molar-refractivity contribution is -0.123. The maximum atomic E-state index is 13.3. The second kappa shape index (κ2) is 6.62. The van der Waals surface area contributed by atoms with E-state index in [2.05, 4.69) is 16.0 Å². The molecule has 1 aromatic carbocycles. The largest absolute Gasteiger partial charge is 0.452 e. The summed E-state index contributed by atoms with van der Waals surface area (Å²) in [4.78, 5) is 22.5. The number of amides is 1. The quantitative estimate of drug-likeness (QED) is 0.664. The predicted molar refractivity (Wildman–Crippen MR) is 63.5 cm³/mol. The van der Waals surface area contributed by atoms with Gasteiger partial charge in [-0.25, -0.2) is 9.18 Å². The molecular weight excluding hydrogens is 261 g/mol. The van der Waals surface area contributed by atoms with Crippen LogP contribution < -0.4 is 5.32 Å². The molecule has 0 aliphatic carbocycles. The Balaban J connectivity index is 2.56. The predicted octanol–water partition coefficient (Wildman–Crippen LogP) is 1.39. The van der Waals surface area contributed by atoms with Gasteiger partial charge < -0.3 is 10.1 Å². The first-order chi connectivity index (χ1) is 8.54. The Bertz CT molecular complexity index is 511. The number of nitrogens with one attached hydrogen (secondary N) is 1. The van der Waals surface area contributed by atoms with Gasteiger partial charge in [0.05, 0.1) is 12.1 Å². The van der Waals surface area contributed by atoms with Crippen molar-refractivity contribution in [3.05, 3.63) is 34.6 Å². The zero-order valence-electron chi connectivity index (χ0n) is 9.20. The lowest BCUT2D eigenvalue weighted by atomic mass is 10.2. The molecule has 0 unspecified atom stereocenters. The molecule has 1 amide bonds. The van der Waals surface area contributed by atoms with Crippen LogP contribution in [0.15, 0.2) is 18.2 Å². The van der Waals surface area contributed by atoms with Gasteiger partial charge in [-0.05, 0) is 18.2 Å². The van der Waals surface area contributed by atoms with E-state index < -0.39 is 24.3 Å². The molecule has 6 heteroatoms. The number of hydrogen-bond donors (Lipinski definition) is 1. The molecule has 4 nitrogen and oxygen atoms in total. The van der Waals surface area contributed by atoms with Gasteiger partial charge in [0.25, 0.3) is 5.91 Å². The van der Waals surface area contributed by atoms with Crippen LogP contribution in [-0.4, -0.2) is 25.0 Å². The molecule has 1 rings (SSSR count). The van der Waals surface area contributed by atoms with Gasteiger partial charge in [0.2, 0.25) is 0 Å². The summed E-state index contributed by atoms with van der Waals surface area (Å²) in [5.74, 6) is -0.127. The molecule has 1 aromatic rings. The SMILES string of the molecule is C#CCNC(=O)COC(=O)c1ccc(Cl)cc1F. The van der Waals surface area contributed by atoms with Crippen LogP contribution in [0, 0.1) is 18.2 Å². The first kappa shape index (κ1) is 14.0. The van der Waals surface area contributed by atoms with Crippen molar-refractivity contribution in [2.24, 2.45) is 0 Å². The fraction of sp³-hybridized carbons (Fsp3) is 0.167. The minimum atomic E-state index is -0.944. The summed E-state index contributed by atoms with van der Waals surface area (Å²) in [7, 11) is 0. The van der Waals surface area contributed by atoms with Crippen LogP contribution in [0.5, 0.6) is 0 Å². The molecule has 94 valence electrons. The van der Waals surface area contributed by atoms with E-state index in [1.54, 1.807) is 0 Å². The van der Waals surface area contributed by atoms with Gasteiger partial charge in [-0.15, -0.1) is 6.42 Å². The highest BCUT2D eigenvalue weighted by molar-refractivity contribution is 6.30. The molecule has 0 saturated carbocycles. The average Bonchev–Trinajstić information content (AvgIpc) is 2.33. The number of terminal acetylenes is 1. The molecule has 0 radical (unpaired) electrons. The summed E-state index contributed by atoms with van der Waals surface area (Å²) in [6.07, 6.45) is 4.92. The Labute approximate surface area is 108 Å². The maximum Gasteiger partial charge on any atom is 0.341 e.